The van der Waals surface area contributed by atoms with Gasteiger partial charge in [0.15, 0.2) is 63.9 Å². The maximum Gasteiger partial charge on any atom is 0.217 e. The third-order valence-corrected chi connectivity index (χ3v) is 25.8. The molecule has 1 aromatic rings. The van der Waals surface area contributed by atoms with Gasteiger partial charge in [-0.15, -0.1) is 0 Å². The van der Waals surface area contributed by atoms with Gasteiger partial charge < -0.3 is 181 Å². The van der Waals surface area contributed by atoms with E-state index in [0.29, 0.717) is 50.5 Å². The molecule has 6 unspecified atom stereocenters. The van der Waals surface area contributed by atoms with Crippen LogP contribution >= 0.6 is 0 Å². The van der Waals surface area contributed by atoms with Crippen LogP contribution in [0.15, 0.2) is 75.8 Å². The van der Waals surface area contributed by atoms with E-state index in [9.17, 15) is 148 Å². The van der Waals surface area contributed by atoms with Crippen molar-refractivity contribution in [3.63, 3.8) is 0 Å². The highest BCUT2D eigenvalue weighted by atomic mass is 16.7. The lowest BCUT2D eigenvalue weighted by Gasteiger charge is -2.43. The number of aliphatic hydroxyl groups is 29. The largest absolute Gasteiger partial charge is 0.506 e. The lowest BCUT2D eigenvalue weighted by Crippen LogP contribution is -2.59. The highest BCUT2D eigenvalue weighted by Crippen LogP contribution is 2.48. The zero-order valence-electron chi connectivity index (χ0n) is 81.2. The number of unbranched alkanes of at least 4 members (excludes halogenated alkanes) is 33. The van der Waals surface area contributed by atoms with Gasteiger partial charge >= 0.3 is 0 Å². The van der Waals surface area contributed by atoms with Crippen LogP contribution in [0.5, 0.6) is 0 Å². The molecule has 1 aliphatic rings. The molecule has 29 N–H and O–H groups in total. The van der Waals surface area contributed by atoms with Crippen LogP contribution in [0.25, 0.3) is 0 Å². The van der Waals surface area contributed by atoms with Crippen LogP contribution in [-0.4, -0.2) is 320 Å². The SMILES string of the molecule is CCCCCCCCCCCCCCCC(CO[C@H](O)/C(O)=C(/O)[C@H](O)CCO)(CO[C@H](O)/C(O)=C(\O)[C@H](O)CCO)Cc1cc(C[C@](CCC)(CO[C@@H]2OC(CO)[C@@H](O)C(O)C2O)CO[C@H](O)/C(O)=C(\O)[C@H](O)CCO)cc(C(CCCCCCCCCCCC)C(CCCCCCCCCCCCCCC)(CO[C@H](O)/C(O)=C(/O)[C@H](O)CCO)CO[C@H](O)/C(O)=C(\O)[C@H](O)CCO)c1. The standard InChI is InChI=1S/C99H180O36/c1-5-9-12-15-18-21-24-26-28-31-34-37-40-49-98(63-130-92(125)86(119)79(112)73(107)44-52-101,64-131-93(126)87(120)80(113)74(108)45-53-102)60-69-56-68(59-97(48-8-4,62-129-91(124)85(118)78(111)72(106)43-51-100)65-134-96-90(123)84(117)83(116)77(61-105)135-96)57-70(58-69)71(42-39-36-33-30-23-20-17-14-11-7-3)99(66-132-94(127)88(121)81(114)75(109)46-54-103,67-133-95(128)89(122)82(115)76(110)47-55-104)50-41-38-35-32-29-27-25-22-19-16-13-10-6-2/h56-58,71-77,83-84,90-96,100-128H,5-55,59-67H2,1-4H3/b85-78+,86-79-,87-80+,88-81-,89-82+/t71?,72-,73-,74-,75-,76-,77?,83-,84?,90?,91+,92+,93+,94+,95+,96-,97+,98?,99?/m1/s1. The zero-order chi connectivity index (χ0) is 101. The molecule has 1 aliphatic heterocycles. The molecule has 36 heteroatoms. The van der Waals surface area contributed by atoms with E-state index in [1.807, 2.05) is 0 Å². The van der Waals surface area contributed by atoms with Gasteiger partial charge in [-0.3, -0.25) is 0 Å². The molecular weight excluding hydrogens is 1770 g/mol. The van der Waals surface area contributed by atoms with Crippen molar-refractivity contribution >= 4 is 0 Å². The van der Waals surface area contributed by atoms with Crippen molar-refractivity contribution in [3.05, 3.63) is 92.5 Å². The summed E-state index contributed by atoms with van der Waals surface area (Å²) in [5, 5.41) is 321. The highest BCUT2D eigenvalue weighted by Gasteiger charge is 2.48. The molecule has 0 bridgehead atoms. The van der Waals surface area contributed by atoms with Crippen LogP contribution in [0.3, 0.4) is 0 Å². The first kappa shape index (κ1) is 126. The van der Waals surface area contributed by atoms with Crippen molar-refractivity contribution in [1.29, 1.82) is 0 Å². The molecule has 0 spiro atoms. The fraction of sp³-hybridized carbons (Fsp3) is 0.838. The van der Waals surface area contributed by atoms with Gasteiger partial charge in [-0.1, -0.05) is 283 Å². The number of ether oxygens (including phenoxy) is 7. The zero-order valence-corrected chi connectivity index (χ0v) is 81.2. The van der Waals surface area contributed by atoms with Gasteiger partial charge in [0.1, 0.15) is 54.9 Å². The predicted octanol–water partition coefficient (Wildman–Crippen LogP) is 11.7. The molecule has 0 saturated carbocycles. The van der Waals surface area contributed by atoms with Crippen molar-refractivity contribution in [1.82, 2.24) is 0 Å². The Hall–Kier alpha value is -5.12. The van der Waals surface area contributed by atoms with Crippen LogP contribution in [0.2, 0.25) is 0 Å². The van der Waals surface area contributed by atoms with E-state index in [2.05, 4.69) is 20.8 Å². The molecule has 1 heterocycles. The average Bonchev–Trinajstić information content (AvgIpc) is 0.772. The maximum absolute atomic E-state index is 12.1. The molecule has 19 atom stereocenters. The minimum atomic E-state index is -2.50. The van der Waals surface area contributed by atoms with Gasteiger partial charge in [0.2, 0.25) is 31.5 Å². The summed E-state index contributed by atoms with van der Waals surface area (Å²) in [6, 6.07) is 5.16. The monoisotopic (exact) mass is 1950 g/mol. The van der Waals surface area contributed by atoms with Crippen LogP contribution in [-0.2, 0) is 46.0 Å². The summed E-state index contributed by atoms with van der Waals surface area (Å²) in [5.41, 5.74) is -4.31. The first-order valence-electron chi connectivity index (χ1n) is 50.2. The highest BCUT2D eigenvalue weighted by molar-refractivity contribution is 5.36. The molecule has 0 aromatic heterocycles. The predicted molar refractivity (Wildman–Crippen MR) is 505 cm³/mol. The molecule has 0 aliphatic carbocycles. The Morgan fingerprint density at radius 3 is 0.837 bits per heavy atom. The number of aliphatic hydroxyl groups excluding tert-OH is 29. The molecule has 2 rings (SSSR count). The first-order chi connectivity index (χ1) is 64.6. The van der Waals surface area contributed by atoms with Gasteiger partial charge in [0.05, 0.1) is 46.2 Å². The molecule has 0 amide bonds. The van der Waals surface area contributed by atoms with Crippen LogP contribution in [0.1, 0.15) is 346 Å². The molecule has 36 nitrogen and oxygen atoms in total. The smallest absolute Gasteiger partial charge is 0.217 e. The van der Waals surface area contributed by atoms with E-state index in [-0.39, 0.29) is 68.9 Å². The number of benzene rings is 1. The van der Waals surface area contributed by atoms with E-state index < -0.39 is 284 Å². The maximum atomic E-state index is 12.1. The van der Waals surface area contributed by atoms with Gasteiger partial charge in [0, 0.05) is 81.4 Å². The number of hydrogen-bond donors (Lipinski definition) is 29. The summed E-state index contributed by atoms with van der Waals surface area (Å²) in [6.45, 7) is -0.519. The molecule has 792 valence electrons. The number of hydrogen-bond acceptors (Lipinski definition) is 36. The Kier molecular flexibility index (Phi) is 68.1. The number of rotatable bonds is 86. The summed E-state index contributed by atoms with van der Waals surface area (Å²) in [4.78, 5) is 0. The Morgan fingerprint density at radius 1 is 0.289 bits per heavy atom. The van der Waals surface area contributed by atoms with Crippen LogP contribution in [0, 0.1) is 16.2 Å². The van der Waals surface area contributed by atoms with Crippen LogP contribution < -0.4 is 0 Å². The molecule has 1 fully saturated rings. The summed E-state index contributed by atoms with van der Waals surface area (Å²) in [5.74, 6) is -13.4. The van der Waals surface area contributed by atoms with Gasteiger partial charge in [0.25, 0.3) is 0 Å². The van der Waals surface area contributed by atoms with Gasteiger partial charge in [-0.25, -0.2) is 0 Å². The van der Waals surface area contributed by atoms with Gasteiger partial charge in [-0.2, -0.15) is 0 Å². The topological polar surface area (TPSA) is 651 Å². The minimum absolute atomic E-state index is 0.0250. The van der Waals surface area contributed by atoms with E-state index in [4.69, 9.17) is 33.2 Å². The van der Waals surface area contributed by atoms with E-state index in [1.54, 1.807) is 25.1 Å². The minimum Gasteiger partial charge on any atom is -0.506 e. The second-order valence-electron chi connectivity index (χ2n) is 37.4. The quantitative estimate of drug-likeness (QED) is 0.0164. The third kappa shape index (κ3) is 48.0. The lowest BCUT2D eigenvalue weighted by atomic mass is 9.66. The van der Waals surface area contributed by atoms with E-state index in [0.717, 1.165) is 161 Å². The van der Waals surface area contributed by atoms with Crippen molar-refractivity contribution in [2.45, 2.75) is 434 Å². The second kappa shape index (κ2) is 73.0. The second-order valence-corrected chi connectivity index (χ2v) is 37.4. The van der Waals surface area contributed by atoms with Crippen molar-refractivity contribution < 1.29 is 181 Å². The fourth-order valence-corrected chi connectivity index (χ4v) is 17.5. The summed E-state index contributed by atoms with van der Waals surface area (Å²) >= 11 is 0. The summed E-state index contributed by atoms with van der Waals surface area (Å²) in [7, 11) is 0. The Morgan fingerprint density at radius 2 is 0.556 bits per heavy atom. The third-order valence-electron chi connectivity index (χ3n) is 25.8. The van der Waals surface area contributed by atoms with Crippen molar-refractivity contribution in [2.24, 2.45) is 16.2 Å². The average molecular weight is 1950 g/mol. The Balaban J connectivity index is 3.82. The van der Waals surface area contributed by atoms with Crippen molar-refractivity contribution in [3.8, 4) is 0 Å². The molecule has 1 saturated heterocycles. The normalized spacial score (nSPS) is 20.5. The fourth-order valence-electron chi connectivity index (χ4n) is 17.5. The van der Waals surface area contributed by atoms with Crippen molar-refractivity contribution in [2.75, 3.05) is 79.3 Å². The molecule has 0 radical (unpaired) electrons. The Labute approximate surface area is 800 Å². The van der Waals surface area contributed by atoms with Gasteiger partial charge in [-0.05, 0) is 61.1 Å². The van der Waals surface area contributed by atoms with Crippen LogP contribution in [0.4, 0.5) is 0 Å². The van der Waals surface area contributed by atoms with E-state index in [1.165, 1.54) is 12.8 Å². The first-order valence-corrected chi connectivity index (χ1v) is 50.2. The Bertz CT molecular complexity index is 3250. The molecule has 1 aromatic carbocycles. The molecule has 135 heavy (non-hydrogen) atoms. The lowest BCUT2D eigenvalue weighted by molar-refractivity contribution is -0.308. The summed E-state index contributed by atoms with van der Waals surface area (Å²) < 4.78 is 43.6. The summed E-state index contributed by atoms with van der Waals surface area (Å²) in [6.07, 6.45) is -2.21. The van der Waals surface area contributed by atoms with E-state index >= 15 is 0 Å². The molecular formula is C99H180O36.